The highest BCUT2D eigenvalue weighted by molar-refractivity contribution is 9.08. The molecule has 1 fully saturated rings. The summed E-state index contributed by atoms with van der Waals surface area (Å²) >= 11 is 3.42. The van der Waals surface area contributed by atoms with E-state index in [1.165, 1.54) is 0 Å². The molecule has 0 spiro atoms. The molecule has 1 aliphatic heterocycles. The lowest BCUT2D eigenvalue weighted by molar-refractivity contribution is -0.0948. The van der Waals surface area contributed by atoms with Crippen molar-refractivity contribution in [2.24, 2.45) is 0 Å². The van der Waals surface area contributed by atoms with Gasteiger partial charge in [0.05, 0.1) is 25.2 Å². The van der Waals surface area contributed by atoms with E-state index in [9.17, 15) is 0 Å². The number of aromatic nitrogens is 3. The number of alkyl halides is 1. The number of hydrogen-bond acceptors (Lipinski definition) is 4. The topological polar surface area (TPSA) is 49.2 Å². The minimum absolute atomic E-state index is 0.0689. The fourth-order valence-corrected chi connectivity index (χ4v) is 2.21. The zero-order valence-corrected chi connectivity index (χ0v) is 10.9. The molecule has 1 aliphatic rings. The van der Waals surface area contributed by atoms with E-state index in [2.05, 4.69) is 37.6 Å². The summed E-state index contributed by atoms with van der Waals surface area (Å²) < 4.78 is 13.2. The molecule has 0 amide bonds. The quantitative estimate of drug-likeness (QED) is 0.791. The summed E-state index contributed by atoms with van der Waals surface area (Å²) in [6.45, 7) is 4.93. The molecule has 90 valence electrons. The van der Waals surface area contributed by atoms with Crippen LogP contribution in [0.3, 0.4) is 0 Å². The maximum Gasteiger partial charge on any atom is 0.164 e. The Morgan fingerprint density at radius 2 is 2.31 bits per heavy atom. The van der Waals surface area contributed by atoms with E-state index < -0.39 is 0 Å². The van der Waals surface area contributed by atoms with Crippen molar-refractivity contribution in [3.05, 3.63) is 11.6 Å². The Morgan fingerprint density at radius 1 is 1.44 bits per heavy atom. The molecule has 16 heavy (non-hydrogen) atoms. The highest BCUT2D eigenvalue weighted by Crippen LogP contribution is 2.21. The van der Waals surface area contributed by atoms with Crippen LogP contribution in [0.15, 0.2) is 0 Å². The molecule has 1 aromatic rings. The fraction of sp³-hybridized carbons (Fsp3) is 0.800. The molecule has 2 rings (SSSR count). The average Bonchev–Trinajstić information content (AvgIpc) is 2.74. The molecule has 0 aliphatic carbocycles. The zero-order chi connectivity index (χ0) is 11.4. The van der Waals surface area contributed by atoms with Crippen LogP contribution in [0.1, 0.15) is 31.1 Å². The number of halogens is 1. The maximum atomic E-state index is 5.65. The Bertz CT molecular complexity index is 337. The van der Waals surface area contributed by atoms with Gasteiger partial charge in [0.1, 0.15) is 11.9 Å². The average molecular weight is 290 g/mol. The predicted molar refractivity (Wildman–Crippen MR) is 62.5 cm³/mol. The Balaban J connectivity index is 2.20. The first kappa shape index (κ1) is 12.0. The van der Waals surface area contributed by atoms with Gasteiger partial charge in [-0.2, -0.15) is 0 Å². The van der Waals surface area contributed by atoms with Crippen molar-refractivity contribution in [3.8, 4) is 0 Å². The van der Waals surface area contributed by atoms with Gasteiger partial charge in [0.2, 0.25) is 0 Å². The second-order valence-electron chi connectivity index (χ2n) is 3.69. The molecule has 1 atom stereocenters. The monoisotopic (exact) mass is 289 g/mol. The fourth-order valence-electron chi connectivity index (χ4n) is 1.79. The number of hydrogen-bond donors (Lipinski definition) is 0. The number of nitrogens with zero attached hydrogens (tertiary/aromatic N) is 3. The van der Waals surface area contributed by atoms with E-state index in [4.69, 9.17) is 9.47 Å². The third-order valence-electron chi connectivity index (χ3n) is 2.53. The summed E-state index contributed by atoms with van der Waals surface area (Å²) in [6, 6.07) is 0. The molecule has 0 saturated carbocycles. The molecular weight excluding hydrogens is 274 g/mol. The maximum absolute atomic E-state index is 5.65. The highest BCUT2D eigenvalue weighted by atomic mass is 79.9. The van der Waals surface area contributed by atoms with Gasteiger partial charge in [0.15, 0.2) is 5.82 Å². The molecule has 0 N–H and O–H groups in total. The summed E-state index contributed by atoms with van der Waals surface area (Å²) in [7, 11) is 0. The first-order chi connectivity index (χ1) is 7.86. The van der Waals surface area contributed by atoms with Crippen LogP contribution in [-0.4, -0.2) is 34.6 Å². The second kappa shape index (κ2) is 5.75. The number of rotatable bonds is 4. The molecule has 2 heterocycles. The van der Waals surface area contributed by atoms with Gasteiger partial charge in [0.25, 0.3) is 0 Å². The predicted octanol–water partition coefficient (Wildman–Crippen LogP) is 1.67. The Morgan fingerprint density at radius 3 is 2.94 bits per heavy atom. The summed E-state index contributed by atoms with van der Waals surface area (Å²) in [5, 5.41) is 9.08. The summed E-state index contributed by atoms with van der Waals surface area (Å²) in [4.78, 5) is 0. The van der Waals surface area contributed by atoms with Crippen molar-refractivity contribution in [2.45, 2.75) is 31.3 Å². The zero-order valence-electron chi connectivity index (χ0n) is 9.36. The Labute approximate surface area is 103 Å². The van der Waals surface area contributed by atoms with E-state index >= 15 is 0 Å². The SMILES string of the molecule is CCCn1c(CBr)nnc1C1COCCO1. The third kappa shape index (κ3) is 2.44. The van der Waals surface area contributed by atoms with Crippen LogP contribution in [0.4, 0.5) is 0 Å². The van der Waals surface area contributed by atoms with Gasteiger partial charge in [0, 0.05) is 6.54 Å². The first-order valence-electron chi connectivity index (χ1n) is 5.54. The summed E-state index contributed by atoms with van der Waals surface area (Å²) in [6.07, 6.45) is 0.985. The first-order valence-corrected chi connectivity index (χ1v) is 6.66. The summed E-state index contributed by atoms with van der Waals surface area (Å²) in [5.41, 5.74) is 0. The molecule has 0 aromatic carbocycles. The normalized spacial score (nSPS) is 21.2. The van der Waals surface area contributed by atoms with Crippen LogP contribution >= 0.6 is 15.9 Å². The van der Waals surface area contributed by atoms with E-state index in [0.29, 0.717) is 25.2 Å². The molecule has 1 unspecified atom stereocenters. The van der Waals surface area contributed by atoms with Gasteiger partial charge in [-0.05, 0) is 6.42 Å². The molecule has 0 bridgehead atoms. The van der Waals surface area contributed by atoms with E-state index in [1.807, 2.05) is 0 Å². The van der Waals surface area contributed by atoms with Crippen molar-refractivity contribution >= 4 is 15.9 Å². The molecular formula is C10H16BrN3O2. The Kier molecular flexibility index (Phi) is 4.31. The van der Waals surface area contributed by atoms with Gasteiger partial charge < -0.3 is 14.0 Å². The minimum Gasteiger partial charge on any atom is -0.376 e. The van der Waals surface area contributed by atoms with Crippen LogP contribution in [0.2, 0.25) is 0 Å². The van der Waals surface area contributed by atoms with Crippen LogP contribution < -0.4 is 0 Å². The van der Waals surface area contributed by atoms with Crippen molar-refractivity contribution in [1.82, 2.24) is 14.8 Å². The van der Waals surface area contributed by atoms with Gasteiger partial charge in [-0.15, -0.1) is 10.2 Å². The van der Waals surface area contributed by atoms with Gasteiger partial charge >= 0.3 is 0 Å². The van der Waals surface area contributed by atoms with Gasteiger partial charge in [-0.25, -0.2) is 0 Å². The van der Waals surface area contributed by atoms with E-state index in [1.54, 1.807) is 0 Å². The largest absolute Gasteiger partial charge is 0.376 e. The molecule has 1 aromatic heterocycles. The van der Waals surface area contributed by atoms with Crippen LogP contribution in [0.25, 0.3) is 0 Å². The van der Waals surface area contributed by atoms with Crippen molar-refractivity contribution in [1.29, 1.82) is 0 Å². The lowest BCUT2D eigenvalue weighted by Gasteiger charge is -2.22. The third-order valence-corrected chi connectivity index (χ3v) is 3.03. The standard InChI is InChI=1S/C10H16BrN3O2/c1-2-3-14-9(6-11)12-13-10(14)8-7-15-4-5-16-8/h8H,2-7H2,1H3. The Hall–Kier alpha value is -0.460. The molecule has 6 heteroatoms. The van der Waals surface area contributed by atoms with E-state index in [-0.39, 0.29) is 6.10 Å². The van der Waals surface area contributed by atoms with Crippen molar-refractivity contribution in [3.63, 3.8) is 0 Å². The van der Waals surface area contributed by atoms with Crippen molar-refractivity contribution in [2.75, 3.05) is 19.8 Å². The van der Waals surface area contributed by atoms with Crippen LogP contribution in [0, 0.1) is 0 Å². The lowest BCUT2D eigenvalue weighted by atomic mass is 10.3. The van der Waals surface area contributed by atoms with E-state index in [0.717, 1.165) is 24.6 Å². The van der Waals surface area contributed by atoms with Crippen LogP contribution in [-0.2, 0) is 21.3 Å². The second-order valence-corrected chi connectivity index (χ2v) is 4.25. The van der Waals surface area contributed by atoms with Gasteiger partial charge in [-0.1, -0.05) is 22.9 Å². The van der Waals surface area contributed by atoms with Crippen LogP contribution in [0.5, 0.6) is 0 Å². The smallest absolute Gasteiger partial charge is 0.164 e. The minimum atomic E-state index is -0.0689. The number of ether oxygens (including phenoxy) is 2. The highest BCUT2D eigenvalue weighted by Gasteiger charge is 2.23. The van der Waals surface area contributed by atoms with Crippen molar-refractivity contribution < 1.29 is 9.47 Å². The molecule has 5 nitrogen and oxygen atoms in total. The molecule has 0 radical (unpaired) electrons. The lowest BCUT2D eigenvalue weighted by Crippen LogP contribution is -2.25. The summed E-state index contributed by atoms with van der Waals surface area (Å²) in [5.74, 6) is 1.84. The van der Waals surface area contributed by atoms with Gasteiger partial charge in [-0.3, -0.25) is 0 Å². The molecule has 1 saturated heterocycles.